The molecule has 3 heteroatoms. The van der Waals surface area contributed by atoms with Gasteiger partial charge in [-0.15, -0.1) is 11.8 Å². The van der Waals surface area contributed by atoms with Crippen LogP contribution in [0.15, 0.2) is 57.9 Å². The van der Waals surface area contributed by atoms with Crippen LogP contribution in [0.3, 0.4) is 0 Å². The molecule has 0 saturated heterocycles. The molecule has 0 aliphatic heterocycles. The molecule has 0 saturated carbocycles. The molecule has 18 heavy (non-hydrogen) atoms. The van der Waals surface area contributed by atoms with E-state index in [4.69, 9.17) is 5.73 Å². The van der Waals surface area contributed by atoms with Crippen LogP contribution in [0.5, 0.6) is 0 Å². The van der Waals surface area contributed by atoms with Crippen LogP contribution in [0.4, 0.5) is 5.69 Å². The fraction of sp³-hybridized carbons (Fsp3) is 0.200. The molecule has 0 radical (unpaired) electrons. The standard InChI is InChI=1S/C15H16BrNS/c16-13-6-2-8-15(11-13)18-9-3-5-12-4-1-7-14(17)10-12/h1-2,4,6-8,10-11H,3,5,9,17H2. The first-order chi connectivity index (χ1) is 8.74. The molecule has 2 N–H and O–H groups in total. The zero-order valence-corrected chi connectivity index (χ0v) is 12.5. The van der Waals surface area contributed by atoms with E-state index in [-0.39, 0.29) is 0 Å². The van der Waals surface area contributed by atoms with Crippen molar-refractivity contribution in [1.82, 2.24) is 0 Å². The molecule has 0 spiro atoms. The maximum Gasteiger partial charge on any atom is 0.0316 e. The van der Waals surface area contributed by atoms with Crippen LogP contribution < -0.4 is 5.73 Å². The highest BCUT2D eigenvalue weighted by Crippen LogP contribution is 2.23. The van der Waals surface area contributed by atoms with Gasteiger partial charge in [0, 0.05) is 15.1 Å². The molecule has 0 aliphatic rings. The molecule has 0 atom stereocenters. The van der Waals surface area contributed by atoms with Gasteiger partial charge in [0.1, 0.15) is 0 Å². The normalized spacial score (nSPS) is 10.5. The number of halogens is 1. The van der Waals surface area contributed by atoms with E-state index in [0.29, 0.717) is 0 Å². The van der Waals surface area contributed by atoms with E-state index in [1.54, 1.807) is 0 Å². The highest BCUT2D eigenvalue weighted by molar-refractivity contribution is 9.10. The Bertz CT molecular complexity index is 466. The summed E-state index contributed by atoms with van der Waals surface area (Å²) < 4.78 is 1.14. The van der Waals surface area contributed by atoms with E-state index < -0.39 is 0 Å². The van der Waals surface area contributed by atoms with Gasteiger partial charge in [0.15, 0.2) is 0 Å². The summed E-state index contributed by atoms with van der Waals surface area (Å²) in [7, 11) is 0. The van der Waals surface area contributed by atoms with Gasteiger partial charge in [-0.3, -0.25) is 0 Å². The monoisotopic (exact) mass is 321 g/mol. The molecule has 0 bridgehead atoms. The predicted molar refractivity (Wildman–Crippen MR) is 84.0 cm³/mol. The predicted octanol–water partition coefficient (Wildman–Crippen LogP) is 4.76. The van der Waals surface area contributed by atoms with Crippen LogP contribution in [0, 0.1) is 0 Å². The van der Waals surface area contributed by atoms with Gasteiger partial charge >= 0.3 is 0 Å². The quantitative estimate of drug-likeness (QED) is 0.488. The van der Waals surface area contributed by atoms with Gasteiger partial charge in [0.2, 0.25) is 0 Å². The summed E-state index contributed by atoms with van der Waals surface area (Å²) >= 11 is 5.39. The van der Waals surface area contributed by atoms with Gasteiger partial charge in [-0.2, -0.15) is 0 Å². The first kappa shape index (κ1) is 13.5. The van der Waals surface area contributed by atoms with E-state index >= 15 is 0 Å². The molecule has 1 nitrogen and oxygen atoms in total. The molecule has 0 amide bonds. The van der Waals surface area contributed by atoms with Crippen LogP contribution in [-0.2, 0) is 6.42 Å². The number of thioether (sulfide) groups is 1. The molecule has 2 rings (SSSR count). The minimum atomic E-state index is 0.854. The number of benzene rings is 2. The van der Waals surface area contributed by atoms with E-state index in [1.807, 2.05) is 23.9 Å². The van der Waals surface area contributed by atoms with Crippen molar-refractivity contribution < 1.29 is 0 Å². The summed E-state index contributed by atoms with van der Waals surface area (Å²) in [5.41, 5.74) is 7.94. The number of anilines is 1. The highest BCUT2D eigenvalue weighted by Gasteiger charge is 1.97. The molecule has 0 aliphatic carbocycles. The summed E-state index contributed by atoms with van der Waals surface area (Å²) in [6, 6.07) is 16.6. The Balaban J connectivity index is 1.76. The molecule has 0 unspecified atom stereocenters. The molecule has 0 aromatic heterocycles. The first-order valence-corrected chi connectivity index (χ1v) is 7.75. The van der Waals surface area contributed by atoms with Gasteiger partial charge in [-0.25, -0.2) is 0 Å². The highest BCUT2D eigenvalue weighted by atomic mass is 79.9. The Morgan fingerprint density at radius 1 is 1.06 bits per heavy atom. The Hall–Kier alpha value is -0.930. The number of rotatable bonds is 5. The molecule has 2 aromatic rings. The lowest BCUT2D eigenvalue weighted by molar-refractivity contribution is 0.933. The van der Waals surface area contributed by atoms with Crippen LogP contribution in [0.25, 0.3) is 0 Å². The zero-order chi connectivity index (χ0) is 12.8. The lowest BCUT2D eigenvalue weighted by atomic mass is 10.1. The van der Waals surface area contributed by atoms with Crippen molar-refractivity contribution in [2.45, 2.75) is 17.7 Å². The second-order valence-electron chi connectivity index (χ2n) is 4.15. The Morgan fingerprint density at radius 3 is 2.67 bits per heavy atom. The minimum absolute atomic E-state index is 0.854. The molecular formula is C15H16BrNS. The Labute approximate surface area is 121 Å². The molecule has 0 heterocycles. The lowest BCUT2D eigenvalue weighted by Crippen LogP contribution is -1.90. The second-order valence-corrected chi connectivity index (χ2v) is 6.24. The van der Waals surface area contributed by atoms with Crippen molar-refractivity contribution in [3.8, 4) is 0 Å². The summed E-state index contributed by atoms with van der Waals surface area (Å²) in [6.07, 6.45) is 2.26. The van der Waals surface area contributed by atoms with Gasteiger partial charge in [-0.05, 0) is 54.5 Å². The Morgan fingerprint density at radius 2 is 1.89 bits per heavy atom. The van der Waals surface area contributed by atoms with E-state index in [0.717, 1.165) is 22.3 Å². The fourth-order valence-electron chi connectivity index (χ4n) is 1.77. The van der Waals surface area contributed by atoms with Gasteiger partial charge < -0.3 is 5.73 Å². The molecule has 0 fully saturated rings. The summed E-state index contributed by atoms with van der Waals surface area (Å²) in [4.78, 5) is 1.32. The number of nitrogen functional groups attached to an aromatic ring is 1. The average Bonchev–Trinajstić information content (AvgIpc) is 2.35. The van der Waals surface area contributed by atoms with Crippen molar-refractivity contribution in [2.75, 3.05) is 11.5 Å². The van der Waals surface area contributed by atoms with Crippen LogP contribution in [0.1, 0.15) is 12.0 Å². The maximum atomic E-state index is 5.76. The zero-order valence-electron chi connectivity index (χ0n) is 10.1. The lowest BCUT2D eigenvalue weighted by Gasteiger charge is -2.04. The van der Waals surface area contributed by atoms with E-state index in [2.05, 4.69) is 52.3 Å². The van der Waals surface area contributed by atoms with Crippen LogP contribution in [-0.4, -0.2) is 5.75 Å². The third-order valence-corrected chi connectivity index (χ3v) is 4.20. The SMILES string of the molecule is Nc1cccc(CCCSc2cccc(Br)c2)c1. The van der Waals surface area contributed by atoms with E-state index in [9.17, 15) is 0 Å². The van der Waals surface area contributed by atoms with Crippen LogP contribution in [0.2, 0.25) is 0 Å². The van der Waals surface area contributed by atoms with E-state index in [1.165, 1.54) is 16.9 Å². The third-order valence-electron chi connectivity index (χ3n) is 2.63. The van der Waals surface area contributed by atoms with Gasteiger partial charge in [-0.1, -0.05) is 34.1 Å². The minimum Gasteiger partial charge on any atom is -0.399 e. The van der Waals surface area contributed by atoms with Gasteiger partial charge in [0.25, 0.3) is 0 Å². The first-order valence-electron chi connectivity index (χ1n) is 5.97. The topological polar surface area (TPSA) is 26.0 Å². The summed E-state index contributed by atoms with van der Waals surface area (Å²) in [5.74, 6) is 1.13. The van der Waals surface area contributed by atoms with Crippen molar-refractivity contribution in [3.05, 3.63) is 58.6 Å². The van der Waals surface area contributed by atoms with Crippen LogP contribution >= 0.6 is 27.7 Å². The van der Waals surface area contributed by atoms with Gasteiger partial charge in [0.05, 0.1) is 0 Å². The number of nitrogens with two attached hydrogens (primary N) is 1. The summed E-state index contributed by atoms with van der Waals surface area (Å²) in [6.45, 7) is 0. The third kappa shape index (κ3) is 4.39. The smallest absolute Gasteiger partial charge is 0.0316 e. The molecular weight excluding hydrogens is 306 g/mol. The van der Waals surface area contributed by atoms with Crippen molar-refractivity contribution in [1.29, 1.82) is 0 Å². The average molecular weight is 322 g/mol. The molecule has 94 valence electrons. The second kappa shape index (κ2) is 6.86. The number of aryl methyl sites for hydroxylation is 1. The molecule has 2 aromatic carbocycles. The van der Waals surface area contributed by atoms with Crippen molar-refractivity contribution >= 4 is 33.4 Å². The number of hydrogen-bond donors (Lipinski definition) is 1. The van der Waals surface area contributed by atoms with Crippen molar-refractivity contribution in [3.63, 3.8) is 0 Å². The largest absolute Gasteiger partial charge is 0.399 e. The Kier molecular flexibility index (Phi) is 5.14. The number of hydrogen-bond acceptors (Lipinski definition) is 2. The fourth-order valence-corrected chi connectivity index (χ4v) is 3.23. The summed E-state index contributed by atoms with van der Waals surface area (Å²) in [5, 5.41) is 0. The maximum absolute atomic E-state index is 5.76. The van der Waals surface area contributed by atoms with Crippen molar-refractivity contribution in [2.24, 2.45) is 0 Å².